The molecule has 0 saturated heterocycles. The number of imidazole rings is 1. The molecule has 1 aromatic carbocycles. The monoisotopic (exact) mass is 189 g/mol. The van der Waals surface area contributed by atoms with Crippen molar-refractivity contribution in [2.45, 2.75) is 6.42 Å². The summed E-state index contributed by atoms with van der Waals surface area (Å²) < 4.78 is 0. The lowest BCUT2D eigenvalue weighted by Crippen LogP contribution is -2.15. The summed E-state index contributed by atoms with van der Waals surface area (Å²) in [5, 5.41) is 0. The second-order valence-electron chi connectivity index (χ2n) is 3.77. The Morgan fingerprint density at radius 2 is 2.21 bits per heavy atom. The van der Waals surface area contributed by atoms with Gasteiger partial charge in [0.15, 0.2) is 0 Å². The van der Waals surface area contributed by atoms with Crippen molar-refractivity contribution in [3.05, 3.63) is 30.1 Å². The van der Waals surface area contributed by atoms with Crippen molar-refractivity contribution in [1.82, 2.24) is 14.9 Å². The van der Waals surface area contributed by atoms with Gasteiger partial charge in [-0.2, -0.15) is 0 Å². The van der Waals surface area contributed by atoms with E-state index in [0.29, 0.717) is 0 Å². The molecule has 2 aromatic rings. The van der Waals surface area contributed by atoms with Crippen LogP contribution in [-0.2, 0) is 6.42 Å². The Morgan fingerprint density at radius 1 is 1.36 bits per heavy atom. The minimum absolute atomic E-state index is 1.05. The van der Waals surface area contributed by atoms with Crippen molar-refractivity contribution in [1.29, 1.82) is 0 Å². The van der Waals surface area contributed by atoms with E-state index >= 15 is 0 Å². The van der Waals surface area contributed by atoms with Crippen molar-refractivity contribution in [2.24, 2.45) is 0 Å². The molecule has 0 fully saturated rings. The van der Waals surface area contributed by atoms with Crippen LogP contribution in [0.4, 0.5) is 0 Å². The van der Waals surface area contributed by atoms with E-state index in [2.05, 4.69) is 47.2 Å². The molecule has 1 aromatic heterocycles. The Balaban J connectivity index is 2.27. The number of rotatable bonds is 3. The molecule has 0 spiro atoms. The fraction of sp³-hybridized carbons (Fsp3) is 0.364. The van der Waals surface area contributed by atoms with Gasteiger partial charge in [0.1, 0.15) is 0 Å². The number of fused-ring (bicyclic) bond motifs is 1. The smallest absolute Gasteiger partial charge is 0.0931 e. The molecule has 0 unspecified atom stereocenters. The number of para-hydroxylation sites is 1. The molecule has 14 heavy (non-hydrogen) atoms. The molecule has 3 heteroatoms. The molecule has 0 bridgehead atoms. The molecule has 0 amide bonds. The Hall–Kier alpha value is -1.35. The summed E-state index contributed by atoms with van der Waals surface area (Å²) in [6.45, 7) is 1.06. The predicted octanol–water partition coefficient (Wildman–Crippen LogP) is 1.67. The Kier molecular flexibility index (Phi) is 2.50. The molecule has 74 valence electrons. The van der Waals surface area contributed by atoms with E-state index in [9.17, 15) is 0 Å². The third kappa shape index (κ3) is 1.77. The number of H-pyrrole nitrogens is 1. The molecule has 0 aliphatic rings. The van der Waals surface area contributed by atoms with Crippen LogP contribution in [0.2, 0.25) is 0 Å². The molecular weight excluding hydrogens is 174 g/mol. The molecular formula is C11H15N3. The first-order valence-corrected chi connectivity index (χ1v) is 4.83. The molecule has 1 N–H and O–H groups in total. The average molecular weight is 189 g/mol. The summed E-state index contributed by atoms with van der Waals surface area (Å²) in [5.41, 5.74) is 3.55. The second-order valence-corrected chi connectivity index (χ2v) is 3.77. The van der Waals surface area contributed by atoms with Gasteiger partial charge in [0.25, 0.3) is 0 Å². The van der Waals surface area contributed by atoms with Crippen molar-refractivity contribution in [2.75, 3.05) is 20.6 Å². The van der Waals surface area contributed by atoms with Gasteiger partial charge < -0.3 is 9.88 Å². The van der Waals surface area contributed by atoms with Gasteiger partial charge >= 0.3 is 0 Å². The van der Waals surface area contributed by atoms with Gasteiger partial charge in [-0.3, -0.25) is 0 Å². The maximum atomic E-state index is 4.32. The van der Waals surface area contributed by atoms with Gasteiger partial charge in [-0.1, -0.05) is 12.1 Å². The lowest BCUT2D eigenvalue weighted by Gasteiger charge is -2.09. The molecule has 0 atom stereocenters. The van der Waals surface area contributed by atoms with Crippen LogP contribution >= 0.6 is 0 Å². The maximum absolute atomic E-state index is 4.32. The topological polar surface area (TPSA) is 31.9 Å². The largest absolute Gasteiger partial charge is 0.345 e. The lowest BCUT2D eigenvalue weighted by molar-refractivity contribution is 0.414. The second kappa shape index (κ2) is 3.80. The van der Waals surface area contributed by atoms with Crippen LogP contribution in [0, 0.1) is 0 Å². The predicted molar refractivity (Wildman–Crippen MR) is 58.4 cm³/mol. The summed E-state index contributed by atoms with van der Waals surface area (Å²) in [4.78, 5) is 9.63. The van der Waals surface area contributed by atoms with Crippen LogP contribution in [0.5, 0.6) is 0 Å². The number of hydrogen-bond donors (Lipinski definition) is 1. The normalized spacial score (nSPS) is 11.4. The first-order chi connectivity index (χ1) is 6.77. The third-order valence-electron chi connectivity index (χ3n) is 2.36. The van der Waals surface area contributed by atoms with E-state index < -0.39 is 0 Å². The number of nitrogens with zero attached hydrogens (tertiary/aromatic N) is 2. The standard InChI is InChI=1S/C11H15N3/c1-14(2)7-6-9-4-3-5-10-11(9)13-8-12-10/h3-5,8H,6-7H2,1-2H3,(H,12,13). The highest BCUT2D eigenvalue weighted by atomic mass is 15.0. The van der Waals surface area contributed by atoms with Gasteiger partial charge in [0, 0.05) is 6.54 Å². The van der Waals surface area contributed by atoms with E-state index in [4.69, 9.17) is 0 Å². The Labute approximate surface area is 83.8 Å². The fourth-order valence-corrected chi connectivity index (χ4v) is 1.57. The van der Waals surface area contributed by atoms with Crippen molar-refractivity contribution in [3.63, 3.8) is 0 Å². The maximum Gasteiger partial charge on any atom is 0.0931 e. The Bertz CT molecular complexity index is 417. The van der Waals surface area contributed by atoms with Crippen molar-refractivity contribution >= 4 is 11.0 Å². The van der Waals surface area contributed by atoms with Crippen LogP contribution in [0.25, 0.3) is 11.0 Å². The van der Waals surface area contributed by atoms with E-state index in [1.54, 1.807) is 6.33 Å². The number of hydrogen-bond acceptors (Lipinski definition) is 2. The molecule has 2 rings (SSSR count). The average Bonchev–Trinajstić information content (AvgIpc) is 2.62. The summed E-state index contributed by atoms with van der Waals surface area (Å²) in [5.74, 6) is 0. The van der Waals surface area contributed by atoms with E-state index in [1.165, 1.54) is 5.56 Å². The number of aromatic nitrogens is 2. The number of aromatic amines is 1. The molecule has 0 aliphatic carbocycles. The zero-order valence-electron chi connectivity index (χ0n) is 8.62. The van der Waals surface area contributed by atoms with E-state index in [-0.39, 0.29) is 0 Å². The van der Waals surface area contributed by atoms with Gasteiger partial charge in [0.2, 0.25) is 0 Å². The van der Waals surface area contributed by atoms with E-state index in [0.717, 1.165) is 24.0 Å². The highest BCUT2D eigenvalue weighted by Crippen LogP contribution is 2.14. The highest BCUT2D eigenvalue weighted by Gasteiger charge is 2.02. The minimum atomic E-state index is 1.05. The molecule has 1 heterocycles. The number of nitrogens with one attached hydrogen (secondary N) is 1. The molecule has 0 saturated carbocycles. The van der Waals surface area contributed by atoms with E-state index in [1.807, 2.05) is 0 Å². The number of benzene rings is 1. The number of likely N-dealkylation sites (N-methyl/N-ethyl adjacent to an activating group) is 1. The van der Waals surface area contributed by atoms with Crippen LogP contribution in [0.15, 0.2) is 24.5 Å². The molecule has 3 nitrogen and oxygen atoms in total. The summed E-state index contributed by atoms with van der Waals surface area (Å²) in [7, 11) is 4.18. The van der Waals surface area contributed by atoms with Crippen LogP contribution in [-0.4, -0.2) is 35.5 Å². The first kappa shape index (κ1) is 9.21. The fourth-order valence-electron chi connectivity index (χ4n) is 1.57. The zero-order valence-corrected chi connectivity index (χ0v) is 8.62. The van der Waals surface area contributed by atoms with Crippen molar-refractivity contribution in [3.8, 4) is 0 Å². The molecule has 0 radical (unpaired) electrons. The Morgan fingerprint density at radius 3 is 3.00 bits per heavy atom. The minimum Gasteiger partial charge on any atom is -0.345 e. The van der Waals surface area contributed by atoms with Gasteiger partial charge in [-0.15, -0.1) is 0 Å². The van der Waals surface area contributed by atoms with Gasteiger partial charge in [-0.25, -0.2) is 4.98 Å². The summed E-state index contributed by atoms with van der Waals surface area (Å²) in [6, 6.07) is 6.28. The first-order valence-electron chi connectivity index (χ1n) is 4.83. The van der Waals surface area contributed by atoms with Gasteiger partial charge in [-0.05, 0) is 32.1 Å². The summed E-state index contributed by atoms with van der Waals surface area (Å²) >= 11 is 0. The zero-order chi connectivity index (χ0) is 9.97. The quantitative estimate of drug-likeness (QED) is 0.796. The third-order valence-corrected chi connectivity index (χ3v) is 2.36. The molecule has 0 aliphatic heterocycles. The lowest BCUT2D eigenvalue weighted by atomic mass is 10.1. The SMILES string of the molecule is CN(C)CCc1cccc2[nH]cnc12. The van der Waals surface area contributed by atoms with Crippen molar-refractivity contribution < 1.29 is 0 Å². The van der Waals surface area contributed by atoms with Crippen LogP contribution in [0.1, 0.15) is 5.56 Å². The highest BCUT2D eigenvalue weighted by molar-refractivity contribution is 5.78. The van der Waals surface area contributed by atoms with Crippen LogP contribution < -0.4 is 0 Å². The van der Waals surface area contributed by atoms with Crippen LogP contribution in [0.3, 0.4) is 0 Å². The van der Waals surface area contributed by atoms with Gasteiger partial charge in [0.05, 0.1) is 17.4 Å². The summed E-state index contributed by atoms with van der Waals surface area (Å²) in [6.07, 6.45) is 2.80.